The van der Waals surface area contributed by atoms with Gasteiger partial charge in [0, 0.05) is 9.52 Å². The molecule has 1 nitrogen and oxygen atoms in total. The Morgan fingerprint density at radius 3 is 2.38 bits per heavy atom. The van der Waals surface area contributed by atoms with Crippen molar-refractivity contribution in [3.8, 4) is 0 Å². The zero-order chi connectivity index (χ0) is 10.1. The van der Waals surface area contributed by atoms with E-state index in [1.54, 1.807) is 0 Å². The van der Waals surface area contributed by atoms with Crippen LogP contribution in [0.1, 0.15) is 32.6 Å². The van der Waals surface area contributed by atoms with E-state index in [2.05, 4.69) is 11.8 Å². The first kappa shape index (κ1) is 13.5. The molecule has 0 fully saturated rings. The summed E-state index contributed by atoms with van der Waals surface area (Å²) in [6, 6.07) is 3.02. The molecule has 0 amide bonds. The number of unbranched alkanes of at least 4 members (excludes halogenated alkanes) is 1. The van der Waals surface area contributed by atoms with Crippen LogP contribution < -0.4 is 0 Å². The molecular weight excluding hydrogens is 198 g/mol. The van der Waals surface area contributed by atoms with Gasteiger partial charge in [0.25, 0.3) is 0 Å². The Balaban J connectivity index is 3.07. The fourth-order valence-electron chi connectivity index (χ4n) is 1.35. The summed E-state index contributed by atoms with van der Waals surface area (Å²) in [5.74, 6) is 0. The topological polar surface area (TPSA) is 3.24 Å². The van der Waals surface area contributed by atoms with E-state index in [-0.39, 0.29) is 15.0 Å². The average molecular weight is 222 g/mol. The molecule has 0 rings (SSSR count). The van der Waals surface area contributed by atoms with E-state index in [9.17, 15) is 0 Å². The molecule has 13 heavy (non-hydrogen) atoms. The van der Waals surface area contributed by atoms with Crippen molar-refractivity contribution in [3.05, 3.63) is 0 Å². The zero-order valence-electron chi connectivity index (χ0n) is 9.35. The molecule has 0 bridgehead atoms. The SMILES string of the molecule is CCCC[SiH2]CCCC(Cl)N(C)C. The lowest BCUT2D eigenvalue weighted by Gasteiger charge is -2.16. The summed E-state index contributed by atoms with van der Waals surface area (Å²) in [5.41, 5.74) is 0.250. The van der Waals surface area contributed by atoms with Crippen LogP contribution in [0.2, 0.25) is 12.1 Å². The van der Waals surface area contributed by atoms with E-state index < -0.39 is 0 Å². The van der Waals surface area contributed by atoms with E-state index in [1.165, 1.54) is 31.4 Å². The Hall–Kier alpha value is 0.467. The van der Waals surface area contributed by atoms with Gasteiger partial charge >= 0.3 is 0 Å². The highest BCUT2D eigenvalue weighted by Crippen LogP contribution is 2.10. The van der Waals surface area contributed by atoms with Crippen molar-refractivity contribution >= 4 is 21.1 Å². The van der Waals surface area contributed by atoms with Crippen molar-refractivity contribution < 1.29 is 0 Å². The predicted molar refractivity (Wildman–Crippen MR) is 65.6 cm³/mol. The molecule has 1 atom stereocenters. The second kappa shape index (κ2) is 9.04. The lowest BCUT2D eigenvalue weighted by Crippen LogP contribution is -2.21. The van der Waals surface area contributed by atoms with Crippen LogP contribution in [0.15, 0.2) is 0 Å². The first-order valence-corrected chi connectivity index (χ1v) is 7.92. The van der Waals surface area contributed by atoms with E-state index in [1.807, 2.05) is 14.1 Å². The molecule has 0 radical (unpaired) electrons. The highest BCUT2D eigenvalue weighted by molar-refractivity contribution is 6.35. The minimum Gasteiger partial charge on any atom is -0.294 e. The van der Waals surface area contributed by atoms with Crippen molar-refractivity contribution in [1.29, 1.82) is 0 Å². The van der Waals surface area contributed by atoms with Crippen molar-refractivity contribution in [2.45, 2.75) is 50.2 Å². The van der Waals surface area contributed by atoms with Crippen LogP contribution in [0, 0.1) is 0 Å². The Kier molecular flexibility index (Phi) is 9.36. The molecule has 1 unspecified atom stereocenters. The third-order valence-electron chi connectivity index (χ3n) is 2.36. The largest absolute Gasteiger partial charge is 0.294 e. The van der Waals surface area contributed by atoms with Gasteiger partial charge in [-0.05, 0) is 20.5 Å². The average Bonchev–Trinajstić information content (AvgIpc) is 2.10. The molecule has 0 saturated carbocycles. The fraction of sp³-hybridized carbons (Fsp3) is 1.00. The van der Waals surface area contributed by atoms with Gasteiger partial charge in [0.2, 0.25) is 0 Å². The number of hydrogen-bond acceptors (Lipinski definition) is 1. The van der Waals surface area contributed by atoms with Crippen molar-refractivity contribution in [2.75, 3.05) is 14.1 Å². The van der Waals surface area contributed by atoms with Gasteiger partial charge < -0.3 is 0 Å². The fourth-order valence-corrected chi connectivity index (χ4v) is 3.35. The van der Waals surface area contributed by atoms with Crippen LogP contribution in [-0.4, -0.2) is 34.0 Å². The van der Waals surface area contributed by atoms with E-state index in [0.717, 1.165) is 6.42 Å². The molecule has 0 saturated heterocycles. The van der Waals surface area contributed by atoms with Gasteiger partial charge in [0.15, 0.2) is 0 Å². The van der Waals surface area contributed by atoms with Crippen molar-refractivity contribution in [2.24, 2.45) is 0 Å². The Labute approximate surface area is 90.7 Å². The van der Waals surface area contributed by atoms with Crippen LogP contribution in [0.25, 0.3) is 0 Å². The smallest absolute Gasteiger partial charge is 0.0845 e. The highest BCUT2D eigenvalue weighted by atomic mass is 35.5. The van der Waals surface area contributed by atoms with Gasteiger partial charge in [0.1, 0.15) is 0 Å². The number of nitrogens with zero attached hydrogens (tertiary/aromatic N) is 1. The van der Waals surface area contributed by atoms with Crippen LogP contribution in [0.5, 0.6) is 0 Å². The van der Waals surface area contributed by atoms with Gasteiger partial charge in [-0.1, -0.05) is 38.3 Å². The summed E-state index contributed by atoms with van der Waals surface area (Å²) in [4.78, 5) is 2.09. The van der Waals surface area contributed by atoms with Gasteiger partial charge in [-0.2, -0.15) is 0 Å². The summed E-state index contributed by atoms with van der Waals surface area (Å²) < 4.78 is 0. The molecule has 0 spiro atoms. The van der Waals surface area contributed by atoms with Gasteiger partial charge in [-0.3, -0.25) is 4.90 Å². The quantitative estimate of drug-likeness (QED) is 0.264. The number of halogens is 1. The minimum atomic E-state index is 0.250. The lowest BCUT2D eigenvalue weighted by atomic mass is 10.3. The summed E-state index contributed by atoms with van der Waals surface area (Å²) in [7, 11) is 4.35. The molecule has 0 aromatic rings. The molecule has 3 heteroatoms. The monoisotopic (exact) mass is 221 g/mol. The maximum atomic E-state index is 6.10. The minimum absolute atomic E-state index is 0.250. The van der Waals surface area contributed by atoms with Crippen molar-refractivity contribution in [3.63, 3.8) is 0 Å². The summed E-state index contributed by atoms with van der Waals surface area (Å²) >= 11 is 6.10. The van der Waals surface area contributed by atoms with Crippen LogP contribution in [0.3, 0.4) is 0 Å². The predicted octanol–water partition coefficient (Wildman–Crippen LogP) is 2.70. The third-order valence-corrected chi connectivity index (χ3v) is 4.96. The Bertz CT molecular complexity index is 109. The summed E-state index contributed by atoms with van der Waals surface area (Å²) in [5, 5.41) is 0. The maximum absolute atomic E-state index is 6.10. The maximum Gasteiger partial charge on any atom is 0.0845 e. The van der Waals surface area contributed by atoms with Gasteiger partial charge in [-0.15, -0.1) is 11.6 Å². The molecule has 80 valence electrons. The number of alkyl halides is 1. The molecule has 0 aliphatic heterocycles. The molecule has 0 aromatic heterocycles. The summed E-state index contributed by atoms with van der Waals surface area (Å²) in [6.45, 7) is 2.27. The van der Waals surface area contributed by atoms with Gasteiger partial charge in [0.05, 0.1) is 5.50 Å². The Morgan fingerprint density at radius 1 is 1.23 bits per heavy atom. The van der Waals surface area contributed by atoms with E-state index >= 15 is 0 Å². The van der Waals surface area contributed by atoms with E-state index in [0.29, 0.717) is 0 Å². The first-order valence-electron chi connectivity index (χ1n) is 5.49. The normalized spacial score (nSPS) is 14.5. The zero-order valence-corrected chi connectivity index (χ0v) is 11.5. The number of rotatable bonds is 8. The molecule has 0 N–H and O–H groups in total. The first-order chi connectivity index (χ1) is 6.18. The molecule has 0 heterocycles. The van der Waals surface area contributed by atoms with Crippen molar-refractivity contribution in [1.82, 2.24) is 4.90 Å². The van der Waals surface area contributed by atoms with E-state index in [4.69, 9.17) is 11.6 Å². The van der Waals surface area contributed by atoms with Crippen LogP contribution >= 0.6 is 11.6 Å². The number of hydrogen-bond donors (Lipinski definition) is 0. The van der Waals surface area contributed by atoms with Gasteiger partial charge in [-0.25, -0.2) is 0 Å². The third kappa shape index (κ3) is 8.79. The second-order valence-corrected chi connectivity index (χ2v) is 6.58. The second-order valence-electron chi connectivity index (χ2n) is 3.95. The van der Waals surface area contributed by atoms with Crippen LogP contribution in [0.4, 0.5) is 0 Å². The molecular formula is C10H24ClNSi. The molecule has 0 aliphatic carbocycles. The lowest BCUT2D eigenvalue weighted by molar-refractivity contribution is 0.358. The molecule has 0 aromatic carbocycles. The highest BCUT2D eigenvalue weighted by Gasteiger charge is 2.05. The van der Waals surface area contributed by atoms with Crippen LogP contribution in [-0.2, 0) is 0 Å². The molecule has 0 aliphatic rings. The summed E-state index contributed by atoms with van der Waals surface area (Å²) in [6.07, 6.45) is 5.31. The standard InChI is InChI=1S/C10H24ClNSi/c1-4-5-8-13-9-6-7-10(11)12(2)3/h10H,4-9,13H2,1-3H3. The Morgan fingerprint density at radius 2 is 1.85 bits per heavy atom.